The summed E-state index contributed by atoms with van der Waals surface area (Å²) in [6.45, 7) is 2.29. The molecule has 0 spiro atoms. The minimum Gasteiger partial charge on any atom is -0.396 e. The molecule has 0 amide bonds. The zero-order valence-corrected chi connectivity index (χ0v) is 10.1. The van der Waals surface area contributed by atoms with Crippen LogP contribution in [0.1, 0.15) is 18.9 Å². The summed E-state index contributed by atoms with van der Waals surface area (Å²) in [5.41, 5.74) is 5.96. The number of hydrogen-bond acceptors (Lipinski definition) is 2. The fraction of sp³-hybridized carbons (Fsp3) is 0.500. The number of halogens is 2. The molecule has 16 heavy (non-hydrogen) atoms. The van der Waals surface area contributed by atoms with E-state index in [0.717, 1.165) is 6.42 Å². The Morgan fingerprint density at radius 1 is 1.50 bits per heavy atom. The van der Waals surface area contributed by atoms with Crippen molar-refractivity contribution in [3.8, 4) is 0 Å². The minimum absolute atomic E-state index is 0.0210. The summed E-state index contributed by atoms with van der Waals surface area (Å²) < 4.78 is 13.2. The topological polar surface area (TPSA) is 46.2 Å². The van der Waals surface area contributed by atoms with E-state index in [9.17, 15) is 9.50 Å². The van der Waals surface area contributed by atoms with Gasteiger partial charge in [0.1, 0.15) is 5.82 Å². The Hall–Kier alpha value is -0.640. The van der Waals surface area contributed by atoms with Crippen molar-refractivity contribution in [2.45, 2.75) is 19.8 Å². The van der Waals surface area contributed by atoms with E-state index in [4.69, 9.17) is 17.3 Å². The van der Waals surface area contributed by atoms with Crippen molar-refractivity contribution in [3.05, 3.63) is 34.6 Å². The maximum Gasteiger partial charge on any atom is 0.142 e. The number of hydrogen-bond donors (Lipinski definition) is 2. The summed E-state index contributed by atoms with van der Waals surface area (Å²) >= 11 is 5.87. The smallest absolute Gasteiger partial charge is 0.142 e. The molecule has 1 rings (SSSR count). The van der Waals surface area contributed by atoms with Crippen LogP contribution in [0.4, 0.5) is 4.39 Å². The molecule has 0 aliphatic rings. The molecule has 2 nitrogen and oxygen atoms in total. The second-order valence-corrected chi connectivity index (χ2v) is 4.48. The number of rotatable bonds is 5. The molecule has 1 aromatic rings. The van der Waals surface area contributed by atoms with Crippen molar-refractivity contribution in [2.24, 2.45) is 11.1 Å². The van der Waals surface area contributed by atoms with Crippen molar-refractivity contribution in [2.75, 3.05) is 13.2 Å². The lowest BCUT2D eigenvalue weighted by Gasteiger charge is -2.29. The zero-order valence-electron chi connectivity index (χ0n) is 9.34. The third-order valence-corrected chi connectivity index (χ3v) is 3.54. The predicted octanol–water partition coefficient (Wildman–Crippen LogP) is 2.37. The van der Waals surface area contributed by atoms with Crippen molar-refractivity contribution in [3.63, 3.8) is 0 Å². The summed E-state index contributed by atoms with van der Waals surface area (Å²) in [5, 5.41) is 9.51. The number of aliphatic hydroxyl groups is 1. The maximum atomic E-state index is 13.2. The van der Waals surface area contributed by atoms with Gasteiger partial charge in [-0.1, -0.05) is 30.7 Å². The van der Waals surface area contributed by atoms with Crippen LogP contribution in [0.15, 0.2) is 18.2 Å². The molecule has 1 aromatic carbocycles. The van der Waals surface area contributed by atoms with Gasteiger partial charge in [0.05, 0.1) is 11.6 Å². The molecule has 3 N–H and O–H groups in total. The first-order valence-electron chi connectivity index (χ1n) is 5.32. The fourth-order valence-corrected chi connectivity index (χ4v) is 1.86. The molecule has 1 unspecified atom stereocenters. The van der Waals surface area contributed by atoms with Gasteiger partial charge in [-0.05, 0) is 24.5 Å². The van der Waals surface area contributed by atoms with Gasteiger partial charge in [-0.3, -0.25) is 0 Å². The highest BCUT2D eigenvalue weighted by atomic mass is 35.5. The molecule has 0 fully saturated rings. The minimum atomic E-state index is -0.431. The first kappa shape index (κ1) is 13.4. The van der Waals surface area contributed by atoms with E-state index in [0.29, 0.717) is 18.5 Å². The van der Waals surface area contributed by atoms with Crippen LogP contribution in [-0.2, 0) is 6.42 Å². The number of aliphatic hydroxyl groups excluding tert-OH is 1. The first-order valence-corrected chi connectivity index (χ1v) is 5.70. The third-order valence-electron chi connectivity index (χ3n) is 3.12. The SMILES string of the molecule is CCC(CN)(CO)Cc1cccc(F)c1Cl. The molecule has 0 aromatic heterocycles. The van der Waals surface area contributed by atoms with E-state index in [1.165, 1.54) is 6.07 Å². The summed E-state index contributed by atoms with van der Waals surface area (Å²) in [4.78, 5) is 0. The lowest BCUT2D eigenvalue weighted by Crippen LogP contribution is -2.36. The van der Waals surface area contributed by atoms with Crippen LogP contribution in [0, 0.1) is 11.2 Å². The molecule has 0 aliphatic heterocycles. The second kappa shape index (κ2) is 5.62. The molecule has 1 atom stereocenters. The highest BCUT2D eigenvalue weighted by molar-refractivity contribution is 6.31. The monoisotopic (exact) mass is 245 g/mol. The maximum absolute atomic E-state index is 13.2. The molecule has 0 aliphatic carbocycles. The standard InChI is InChI=1S/C12H17ClFNO/c1-2-12(7-15,8-16)6-9-4-3-5-10(14)11(9)13/h3-5,16H,2,6-8,15H2,1H3. The summed E-state index contributed by atoms with van der Waals surface area (Å²) in [6, 6.07) is 4.70. The Morgan fingerprint density at radius 2 is 2.19 bits per heavy atom. The normalized spacial score (nSPS) is 14.8. The van der Waals surface area contributed by atoms with Crippen LogP contribution < -0.4 is 5.73 Å². The van der Waals surface area contributed by atoms with Crippen molar-refractivity contribution in [1.82, 2.24) is 0 Å². The van der Waals surface area contributed by atoms with E-state index in [1.54, 1.807) is 12.1 Å². The molecule has 0 radical (unpaired) electrons. The number of nitrogens with two attached hydrogens (primary N) is 1. The fourth-order valence-electron chi connectivity index (χ4n) is 1.66. The predicted molar refractivity (Wildman–Crippen MR) is 64.0 cm³/mol. The van der Waals surface area contributed by atoms with Crippen LogP contribution in [0.3, 0.4) is 0 Å². The lowest BCUT2D eigenvalue weighted by molar-refractivity contribution is 0.127. The Kier molecular flexibility index (Phi) is 4.71. The Labute approximate surface area is 100 Å². The van der Waals surface area contributed by atoms with Gasteiger partial charge in [0.15, 0.2) is 0 Å². The van der Waals surface area contributed by atoms with E-state index in [1.807, 2.05) is 6.92 Å². The van der Waals surface area contributed by atoms with Crippen LogP contribution in [0.2, 0.25) is 5.02 Å². The van der Waals surface area contributed by atoms with Gasteiger partial charge >= 0.3 is 0 Å². The average molecular weight is 246 g/mol. The van der Waals surface area contributed by atoms with Gasteiger partial charge in [0.25, 0.3) is 0 Å². The molecule has 90 valence electrons. The molecule has 0 bridgehead atoms. The number of benzene rings is 1. The average Bonchev–Trinajstić information content (AvgIpc) is 2.32. The lowest BCUT2D eigenvalue weighted by atomic mass is 9.80. The van der Waals surface area contributed by atoms with E-state index in [2.05, 4.69) is 0 Å². The Morgan fingerprint density at radius 3 is 2.69 bits per heavy atom. The van der Waals surface area contributed by atoms with Gasteiger partial charge < -0.3 is 10.8 Å². The molecular formula is C12H17ClFNO. The Balaban J connectivity index is 2.98. The highest BCUT2D eigenvalue weighted by Crippen LogP contribution is 2.30. The van der Waals surface area contributed by atoms with Gasteiger partial charge in [0, 0.05) is 12.0 Å². The molecule has 4 heteroatoms. The second-order valence-electron chi connectivity index (χ2n) is 4.11. The summed E-state index contributed by atoms with van der Waals surface area (Å²) in [7, 11) is 0. The van der Waals surface area contributed by atoms with Crippen molar-refractivity contribution < 1.29 is 9.50 Å². The summed E-state index contributed by atoms with van der Waals surface area (Å²) in [5.74, 6) is -0.431. The summed E-state index contributed by atoms with van der Waals surface area (Å²) in [6.07, 6.45) is 1.22. The van der Waals surface area contributed by atoms with Crippen molar-refractivity contribution >= 4 is 11.6 Å². The molecule has 0 heterocycles. The third kappa shape index (κ3) is 2.73. The van der Waals surface area contributed by atoms with E-state index >= 15 is 0 Å². The van der Waals surface area contributed by atoms with Crippen LogP contribution in [0.5, 0.6) is 0 Å². The molecule has 0 saturated carbocycles. The zero-order chi connectivity index (χ0) is 12.2. The van der Waals surface area contributed by atoms with Crippen LogP contribution >= 0.6 is 11.6 Å². The molecule has 0 saturated heterocycles. The van der Waals surface area contributed by atoms with Gasteiger partial charge in [-0.15, -0.1) is 0 Å². The quantitative estimate of drug-likeness (QED) is 0.837. The molecular weight excluding hydrogens is 229 g/mol. The highest BCUT2D eigenvalue weighted by Gasteiger charge is 2.27. The van der Waals surface area contributed by atoms with E-state index in [-0.39, 0.29) is 11.6 Å². The van der Waals surface area contributed by atoms with E-state index < -0.39 is 11.2 Å². The van der Waals surface area contributed by atoms with Gasteiger partial charge in [-0.25, -0.2) is 4.39 Å². The first-order chi connectivity index (χ1) is 7.58. The Bertz CT molecular complexity index is 345. The van der Waals surface area contributed by atoms with Gasteiger partial charge in [0.2, 0.25) is 0 Å². The largest absolute Gasteiger partial charge is 0.396 e. The van der Waals surface area contributed by atoms with Crippen LogP contribution in [-0.4, -0.2) is 18.3 Å². The van der Waals surface area contributed by atoms with Crippen molar-refractivity contribution in [1.29, 1.82) is 0 Å². The van der Waals surface area contributed by atoms with Crippen LogP contribution in [0.25, 0.3) is 0 Å². The van der Waals surface area contributed by atoms with Gasteiger partial charge in [-0.2, -0.15) is 0 Å².